The number of nitrogens with one attached hydrogen (secondary N) is 2. The number of amides is 2. The molecule has 4 rings (SSSR count). The normalized spacial score (nSPS) is 18.1. The molecule has 1 aliphatic heterocycles. The second-order valence-electron chi connectivity index (χ2n) is 9.74. The molecule has 2 amide bonds. The summed E-state index contributed by atoms with van der Waals surface area (Å²) in [5.41, 5.74) is 1.34. The predicted molar refractivity (Wildman–Crippen MR) is 143 cm³/mol. The molecule has 0 bridgehead atoms. The number of para-hydroxylation sites is 1. The van der Waals surface area contributed by atoms with Crippen molar-refractivity contribution in [2.24, 2.45) is 13.0 Å². The van der Waals surface area contributed by atoms with Gasteiger partial charge in [0.2, 0.25) is 5.91 Å². The van der Waals surface area contributed by atoms with Crippen LogP contribution in [0.25, 0.3) is 10.9 Å². The lowest BCUT2D eigenvalue weighted by Crippen LogP contribution is -2.52. The summed E-state index contributed by atoms with van der Waals surface area (Å²) in [5.74, 6) is -1.08. The Morgan fingerprint density at radius 3 is 2.59 bits per heavy atom. The third-order valence-electron chi connectivity index (χ3n) is 6.54. The van der Waals surface area contributed by atoms with Crippen LogP contribution >= 0.6 is 11.3 Å². The molecule has 9 nitrogen and oxygen atoms in total. The zero-order valence-electron chi connectivity index (χ0n) is 21.1. The Kier molecular flexibility index (Phi) is 8.15. The van der Waals surface area contributed by atoms with Gasteiger partial charge < -0.3 is 15.2 Å². The van der Waals surface area contributed by atoms with Crippen LogP contribution in [0.1, 0.15) is 43.6 Å². The predicted octanol–water partition coefficient (Wildman–Crippen LogP) is 2.92. The summed E-state index contributed by atoms with van der Waals surface area (Å²) in [6.07, 6.45) is 1.15. The highest BCUT2D eigenvalue weighted by atomic mass is 32.2. The average molecular weight is 545 g/mol. The Labute approximate surface area is 220 Å². The van der Waals surface area contributed by atoms with Gasteiger partial charge in [0, 0.05) is 24.5 Å². The second-order valence-corrected chi connectivity index (χ2v) is 12.9. The lowest BCUT2D eigenvalue weighted by Gasteiger charge is -2.23. The number of ketones is 1. The van der Waals surface area contributed by atoms with Crippen LogP contribution in [0.3, 0.4) is 0 Å². The van der Waals surface area contributed by atoms with E-state index in [0.717, 1.165) is 22.2 Å². The van der Waals surface area contributed by atoms with Gasteiger partial charge in [0.05, 0.1) is 12.6 Å². The first-order valence-electron chi connectivity index (χ1n) is 12.3. The molecule has 1 aromatic carbocycles. The van der Waals surface area contributed by atoms with Crippen molar-refractivity contribution < 1.29 is 22.8 Å². The third kappa shape index (κ3) is 5.94. The van der Waals surface area contributed by atoms with Crippen molar-refractivity contribution >= 4 is 49.9 Å². The van der Waals surface area contributed by atoms with Crippen molar-refractivity contribution in [3.63, 3.8) is 0 Å². The number of aromatic nitrogens is 1. The molecule has 37 heavy (non-hydrogen) atoms. The van der Waals surface area contributed by atoms with Crippen molar-refractivity contribution in [3.8, 4) is 0 Å². The molecular formula is C26H32N4O5S2. The number of hydrogen-bond acceptors (Lipinski definition) is 6. The first-order chi connectivity index (χ1) is 17.6. The number of benzene rings is 1. The molecule has 1 saturated heterocycles. The summed E-state index contributed by atoms with van der Waals surface area (Å²) >= 11 is 1.11. The lowest BCUT2D eigenvalue weighted by molar-refractivity contribution is -0.129. The number of carbonyl (C=O) groups is 3. The second kappa shape index (κ2) is 11.2. The van der Waals surface area contributed by atoms with E-state index in [1.54, 1.807) is 29.1 Å². The molecule has 2 atom stereocenters. The fourth-order valence-corrected chi connectivity index (χ4v) is 7.19. The smallest absolute Gasteiger partial charge is 0.268 e. The van der Waals surface area contributed by atoms with Crippen LogP contribution in [0.5, 0.6) is 0 Å². The van der Waals surface area contributed by atoms with Gasteiger partial charge in [0.1, 0.15) is 15.9 Å². The Morgan fingerprint density at radius 1 is 1.16 bits per heavy atom. The Bertz CT molecular complexity index is 1400. The van der Waals surface area contributed by atoms with E-state index in [1.807, 2.05) is 38.1 Å². The highest BCUT2D eigenvalue weighted by molar-refractivity contribution is 7.91. The number of fused-ring (bicyclic) bond motifs is 1. The molecule has 1 unspecified atom stereocenters. The van der Waals surface area contributed by atoms with Gasteiger partial charge in [0.15, 0.2) is 5.78 Å². The average Bonchev–Trinajstić information content (AvgIpc) is 3.47. The monoisotopic (exact) mass is 544 g/mol. The van der Waals surface area contributed by atoms with Gasteiger partial charge in [0.25, 0.3) is 15.9 Å². The van der Waals surface area contributed by atoms with E-state index in [-0.39, 0.29) is 34.9 Å². The first kappa shape index (κ1) is 27.0. The summed E-state index contributed by atoms with van der Waals surface area (Å²) < 4.78 is 29.0. The van der Waals surface area contributed by atoms with Crippen molar-refractivity contribution in [1.82, 2.24) is 19.5 Å². The van der Waals surface area contributed by atoms with Gasteiger partial charge in [-0.05, 0) is 48.8 Å². The minimum absolute atomic E-state index is 0.111. The van der Waals surface area contributed by atoms with Crippen LogP contribution in [0, 0.1) is 5.92 Å². The van der Waals surface area contributed by atoms with E-state index in [0.29, 0.717) is 25.0 Å². The van der Waals surface area contributed by atoms with E-state index in [4.69, 9.17) is 0 Å². The number of Topliss-reactive ketones (excluding diaryl/α,β-unsaturated/α-hetero) is 1. The number of aryl methyl sites for hydroxylation is 1. The minimum atomic E-state index is -3.76. The van der Waals surface area contributed by atoms with Crippen molar-refractivity contribution in [3.05, 3.63) is 53.5 Å². The van der Waals surface area contributed by atoms with Gasteiger partial charge in [-0.15, -0.1) is 11.3 Å². The van der Waals surface area contributed by atoms with Gasteiger partial charge in [-0.3, -0.25) is 14.4 Å². The fraction of sp³-hybridized carbons (Fsp3) is 0.423. The lowest BCUT2D eigenvalue weighted by atomic mass is 10.0. The van der Waals surface area contributed by atoms with E-state index < -0.39 is 28.0 Å². The molecule has 11 heteroatoms. The summed E-state index contributed by atoms with van der Waals surface area (Å²) in [6.45, 7) is 3.80. The van der Waals surface area contributed by atoms with Gasteiger partial charge in [-0.1, -0.05) is 38.1 Å². The number of sulfonamides is 1. The zero-order valence-corrected chi connectivity index (χ0v) is 22.8. The number of rotatable bonds is 8. The van der Waals surface area contributed by atoms with Gasteiger partial charge >= 0.3 is 0 Å². The summed E-state index contributed by atoms with van der Waals surface area (Å²) in [7, 11) is -1.96. The van der Waals surface area contributed by atoms with Gasteiger partial charge in [-0.2, -0.15) is 4.31 Å². The van der Waals surface area contributed by atoms with Crippen molar-refractivity contribution in [2.75, 3.05) is 13.1 Å². The highest BCUT2D eigenvalue weighted by Gasteiger charge is 2.34. The largest absolute Gasteiger partial charge is 0.344 e. The molecule has 0 spiro atoms. The number of carbonyl (C=O) groups excluding carboxylic acids is 3. The maximum Gasteiger partial charge on any atom is 0.268 e. The molecule has 0 radical (unpaired) electrons. The van der Waals surface area contributed by atoms with Crippen LogP contribution in [0.2, 0.25) is 0 Å². The minimum Gasteiger partial charge on any atom is -0.344 e. The Balaban J connectivity index is 1.46. The molecule has 1 fully saturated rings. The Hall–Kier alpha value is -3.02. The maximum atomic E-state index is 13.3. The molecule has 0 saturated carbocycles. The number of thiophene rings is 1. The summed E-state index contributed by atoms with van der Waals surface area (Å²) in [6, 6.07) is 10.9. The topological polar surface area (TPSA) is 118 Å². The summed E-state index contributed by atoms with van der Waals surface area (Å²) in [5, 5.41) is 8.24. The zero-order chi connectivity index (χ0) is 26.7. The Morgan fingerprint density at radius 2 is 1.92 bits per heavy atom. The van der Waals surface area contributed by atoms with E-state index in [2.05, 4.69) is 10.6 Å². The SMILES string of the molecule is CC(C)C[C@H](NC(=O)c1cc2ccccc2n1C)C(=O)NC1CCCN(S(=O)(=O)c2cccs2)CC1=O. The third-order valence-corrected chi connectivity index (χ3v) is 9.76. The molecule has 1 aliphatic rings. The number of nitrogens with zero attached hydrogens (tertiary/aromatic N) is 2. The fourth-order valence-electron chi connectivity index (χ4n) is 4.61. The van der Waals surface area contributed by atoms with Crippen LogP contribution in [-0.4, -0.2) is 60.1 Å². The number of hydrogen-bond donors (Lipinski definition) is 2. The first-order valence-corrected chi connectivity index (χ1v) is 14.6. The molecule has 0 aliphatic carbocycles. The molecule has 3 aromatic rings. The standard InChI is InChI=1S/C26H32N4O5S2/c1-17(2)14-20(28-26(33)22-15-18-8-4-5-10-21(18)29(22)3)25(32)27-19-9-6-12-30(16-23(19)31)37(34,35)24-11-7-13-36-24/h4-5,7-8,10-11,13,15,17,19-20H,6,9,12,14,16H2,1-3H3,(H,27,32)(H,28,33)/t19?,20-/m0/s1. The van der Waals surface area contributed by atoms with Crippen LogP contribution < -0.4 is 10.6 Å². The quantitative estimate of drug-likeness (QED) is 0.452. The highest BCUT2D eigenvalue weighted by Crippen LogP contribution is 2.23. The molecular weight excluding hydrogens is 512 g/mol. The van der Waals surface area contributed by atoms with Crippen LogP contribution in [0.4, 0.5) is 0 Å². The van der Waals surface area contributed by atoms with Crippen molar-refractivity contribution in [2.45, 2.75) is 49.4 Å². The van der Waals surface area contributed by atoms with Crippen LogP contribution in [0.15, 0.2) is 52.1 Å². The summed E-state index contributed by atoms with van der Waals surface area (Å²) in [4.78, 5) is 39.4. The van der Waals surface area contributed by atoms with Gasteiger partial charge in [-0.25, -0.2) is 8.42 Å². The van der Waals surface area contributed by atoms with E-state index >= 15 is 0 Å². The molecule has 198 valence electrons. The molecule has 2 aromatic heterocycles. The van der Waals surface area contributed by atoms with Crippen LogP contribution in [-0.2, 0) is 26.7 Å². The molecule has 3 heterocycles. The van der Waals surface area contributed by atoms with E-state index in [9.17, 15) is 22.8 Å². The van der Waals surface area contributed by atoms with Crippen molar-refractivity contribution in [1.29, 1.82) is 0 Å². The molecule has 2 N–H and O–H groups in total. The van der Waals surface area contributed by atoms with E-state index in [1.165, 1.54) is 10.4 Å². The maximum absolute atomic E-state index is 13.3.